The van der Waals surface area contributed by atoms with Gasteiger partial charge in [-0.25, -0.2) is 14.4 Å². The summed E-state index contributed by atoms with van der Waals surface area (Å²) in [4.78, 5) is 52.6. The van der Waals surface area contributed by atoms with Crippen LogP contribution in [-0.2, 0) is 36.8 Å². The Kier molecular flexibility index (Phi) is 15.0. The van der Waals surface area contributed by atoms with Crippen molar-refractivity contribution in [1.82, 2.24) is 15.1 Å². The van der Waals surface area contributed by atoms with Crippen molar-refractivity contribution in [2.45, 2.75) is 72.4 Å². The predicted molar refractivity (Wildman–Crippen MR) is 182 cm³/mol. The van der Waals surface area contributed by atoms with Crippen LogP contribution in [0, 0.1) is 16.7 Å². The standard InChI is InChI=1S/C37H53N3O8/c1-36(2)23-31(22-32(41)45-18-12-20-47-34(43)39(4)25-29-14-8-6-9-15-29)24-37(3,27-36)28-38-33(42)46-19-13-21-48-35(44)40(5)26-30-16-10-7-11-17-30/h6-11,14-17,31H,12-13,18-28H2,1-5H3,(H,38,42). The first-order valence-corrected chi connectivity index (χ1v) is 16.7. The zero-order valence-electron chi connectivity index (χ0n) is 29.2. The number of nitrogens with zero attached hydrogens (tertiary/aromatic N) is 2. The molecule has 0 radical (unpaired) electrons. The van der Waals surface area contributed by atoms with Gasteiger partial charge >= 0.3 is 24.2 Å². The van der Waals surface area contributed by atoms with E-state index in [2.05, 4.69) is 26.1 Å². The molecule has 0 bridgehead atoms. The van der Waals surface area contributed by atoms with E-state index in [9.17, 15) is 19.2 Å². The Hall–Kier alpha value is -4.28. The third kappa shape index (κ3) is 14.2. The van der Waals surface area contributed by atoms with E-state index in [1.165, 1.54) is 9.80 Å². The maximum Gasteiger partial charge on any atom is 0.409 e. The normalized spacial score (nSPS) is 18.2. The van der Waals surface area contributed by atoms with Crippen LogP contribution in [0.2, 0.25) is 0 Å². The van der Waals surface area contributed by atoms with Gasteiger partial charge in [-0.15, -0.1) is 0 Å². The van der Waals surface area contributed by atoms with Crippen molar-refractivity contribution in [3.8, 4) is 0 Å². The first kappa shape index (κ1) is 38.2. The average molecular weight is 668 g/mol. The Morgan fingerprint density at radius 3 is 1.71 bits per heavy atom. The van der Waals surface area contributed by atoms with E-state index in [4.69, 9.17) is 18.9 Å². The second-order valence-electron chi connectivity index (χ2n) is 14.0. The topological polar surface area (TPSA) is 124 Å². The van der Waals surface area contributed by atoms with Crippen molar-refractivity contribution in [1.29, 1.82) is 0 Å². The number of hydrogen-bond donors (Lipinski definition) is 1. The molecule has 0 saturated heterocycles. The van der Waals surface area contributed by atoms with Gasteiger partial charge in [-0.2, -0.15) is 0 Å². The minimum Gasteiger partial charge on any atom is -0.466 e. The van der Waals surface area contributed by atoms with Crippen LogP contribution in [0.3, 0.4) is 0 Å². The van der Waals surface area contributed by atoms with E-state index in [0.29, 0.717) is 38.9 Å². The van der Waals surface area contributed by atoms with Gasteiger partial charge in [0.05, 0.1) is 26.4 Å². The molecule has 264 valence electrons. The number of nitrogens with one attached hydrogen (secondary N) is 1. The number of carbonyl (C=O) groups is 4. The summed E-state index contributed by atoms with van der Waals surface area (Å²) in [5, 5.41) is 2.89. The molecule has 1 aliphatic rings. The van der Waals surface area contributed by atoms with Gasteiger partial charge in [0, 0.05) is 53.0 Å². The molecular formula is C37H53N3O8. The Morgan fingerprint density at radius 1 is 0.708 bits per heavy atom. The number of benzene rings is 2. The molecule has 1 saturated carbocycles. The third-order valence-corrected chi connectivity index (χ3v) is 8.32. The number of alkyl carbamates (subject to hydrolysis) is 1. The van der Waals surface area contributed by atoms with Gasteiger partial charge in [0.2, 0.25) is 0 Å². The van der Waals surface area contributed by atoms with Crippen LogP contribution in [-0.4, -0.2) is 81.1 Å². The summed E-state index contributed by atoms with van der Waals surface area (Å²) in [6.07, 6.45) is 2.27. The first-order valence-electron chi connectivity index (χ1n) is 16.7. The van der Waals surface area contributed by atoms with Crippen LogP contribution >= 0.6 is 0 Å². The van der Waals surface area contributed by atoms with Gasteiger partial charge in [0.1, 0.15) is 0 Å². The number of hydrogen-bond acceptors (Lipinski definition) is 8. The first-order chi connectivity index (χ1) is 22.8. The van der Waals surface area contributed by atoms with Gasteiger partial charge in [-0.05, 0) is 47.1 Å². The molecule has 1 N–H and O–H groups in total. The highest BCUT2D eigenvalue weighted by molar-refractivity contribution is 5.70. The molecule has 3 amide bonds. The number of esters is 1. The fourth-order valence-corrected chi connectivity index (χ4v) is 6.61. The van der Waals surface area contributed by atoms with Crippen molar-refractivity contribution in [3.63, 3.8) is 0 Å². The number of carbonyl (C=O) groups excluding carboxylic acids is 4. The average Bonchev–Trinajstić information content (AvgIpc) is 3.03. The van der Waals surface area contributed by atoms with Gasteiger partial charge < -0.3 is 34.1 Å². The highest BCUT2D eigenvalue weighted by Gasteiger charge is 2.42. The molecular weight excluding hydrogens is 614 g/mol. The molecule has 2 atom stereocenters. The number of rotatable bonds is 16. The largest absolute Gasteiger partial charge is 0.466 e. The summed E-state index contributed by atoms with van der Waals surface area (Å²) in [5.41, 5.74) is 1.79. The van der Waals surface area contributed by atoms with Gasteiger partial charge in [-0.1, -0.05) is 81.4 Å². The van der Waals surface area contributed by atoms with Crippen LogP contribution in [0.5, 0.6) is 0 Å². The summed E-state index contributed by atoms with van der Waals surface area (Å²) < 4.78 is 21.4. The zero-order chi connectivity index (χ0) is 35.0. The summed E-state index contributed by atoms with van der Waals surface area (Å²) in [6, 6.07) is 19.3. The predicted octanol–water partition coefficient (Wildman–Crippen LogP) is 6.80. The molecule has 48 heavy (non-hydrogen) atoms. The van der Waals surface area contributed by atoms with E-state index in [-0.39, 0.29) is 49.1 Å². The lowest BCUT2D eigenvalue weighted by atomic mass is 9.60. The van der Waals surface area contributed by atoms with Crippen LogP contribution < -0.4 is 5.32 Å². The molecule has 11 heteroatoms. The molecule has 0 aromatic heterocycles. The molecule has 0 heterocycles. The van der Waals surface area contributed by atoms with Crippen molar-refractivity contribution < 1.29 is 38.1 Å². The van der Waals surface area contributed by atoms with E-state index in [1.807, 2.05) is 60.7 Å². The Morgan fingerprint density at radius 2 is 1.19 bits per heavy atom. The number of ether oxygens (including phenoxy) is 4. The van der Waals surface area contributed by atoms with Crippen molar-refractivity contribution >= 4 is 24.2 Å². The smallest absolute Gasteiger partial charge is 0.409 e. The minimum absolute atomic E-state index is 0.0128. The molecule has 1 fully saturated rings. The molecule has 3 rings (SSSR count). The summed E-state index contributed by atoms with van der Waals surface area (Å²) in [7, 11) is 3.36. The lowest BCUT2D eigenvalue weighted by Crippen LogP contribution is -2.44. The minimum atomic E-state index is -0.518. The second-order valence-corrected chi connectivity index (χ2v) is 14.0. The highest BCUT2D eigenvalue weighted by atomic mass is 16.6. The molecule has 2 unspecified atom stereocenters. The second kappa shape index (κ2) is 18.9. The van der Waals surface area contributed by atoms with Gasteiger partial charge in [0.25, 0.3) is 0 Å². The lowest BCUT2D eigenvalue weighted by molar-refractivity contribution is -0.146. The molecule has 2 aromatic carbocycles. The Bertz CT molecular complexity index is 1310. The van der Waals surface area contributed by atoms with E-state index in [1.54, 1.807) is 14.1 Å². The van der Waals surface area contributed by atoms with Gasteiger partial charge in [-0.3, -0.25) is 4.79 Å². The van der Waals surface area contributed by atoms with Crippen LogP contribution in [0.1, 0.15) is 70.4 Å². The molecule has 11 nitrogen and oxygen atoms in total. The Labute approximate surface area is 285 Å². The quantitative estimate of drug-likeness (QED) is 0.118. The fraction of sp³-hybridized carbons (Fsp3) is 0.568. The SMILES string of the molecule is CN(Cc1ccccc1)C(=O)OCCCOC(=O)CC1CC(C)(C)CC(C)(CNC(=O)OCCCOC(=O)N(C)Cc2ccccc2)C1. The van der Waals surface area contributed by atoms with Crippen LogP contribution in [0.15, 0.2) is 60.7 Å². The maximum absolute atomic E-state index is 12.7. The molecule has 1 aliphatic carbocycles. The zero-order valence-corrected chi connectivity index (χ0v) is 29.2. The molecule has 2 aromatic rings. The van der Waals surface area contributed by atoms with Crippen molar-refractivity contribution in [3.05, 3.63) is 71.8 Å². The monoisotopic (exact) mass is 667 g/mol. The van der Waals surface area contributed by atoms with E-state index in [0.717, 1.165) is 30.4 Å². The highest BCUT2D eigenvalue weighted by Crippen LogP contribution is 2.49. The van der Waals surface area contributed by atoms with Crippen LogP contribution in [0.4, 0.5) is 14.4 Å². The summed E-state index contributed by atoms with van der Waals surface area (Å²) in [5.74, 6) is -0.157. The van der Waals surface area contributed by atoms with E-state index >= 15 is 0 Å². The maximum atomic E-state index is 12.7. The van der Waals surface area contributed by atoms with Crippen molar-refractivity contribution in [2.75, 3.05) is 47.1 Å². The van der Waals surface area contributed by atoms with Crippen molar-refractivity contribution in [2.24, 2.45) is 16.7 Å². The van der Waals surface area contributed by atoms with Crippen LogP contribution in [0.25, 0.3) is 0 Å². The summed E-state index contributed by atoms with van der Waals surface area (Å²) >= 11 is 0. The fourth-order valence-electron chi connectivity index (χ4n) is 6.61. The Balaban J connectivity index is 1.28. The molecule has 0 aliphatic heterocycles. The van der Waals surface area contributed by atoms with E-state index < -0.39 is 18.3 Å². The lowest BCUT2D eigenvalue weighted by Gasteiger charge is -2.46. The molecule has 0 spiro atoms. The van der Waals surface area contributed by atoms with Gasteiger partial charge in [0.15, 0.2) is 0 Å². The third-order valence-electron chi connectivity index (χ3n) is 8.32. The number of amides is 3. The summed E-state index contributed by atoms with van der Waals surface area (Å²) in [6.45, 7) is 8.43.